The molecule has 7 rings (SSSR count). The van der Waals surface area contributed by atoms with Crippen molar-refractivity contribution in [2.75, 3.05) is 55.0 Å². The third-order valence-corrected chi connectivity index (χ3v) is 11.1. The van der Waals surface area contributed by atoms with Gasteiger partial charge in [0, 0.05) is 56.8 Å². The van der Waals surface area contributed by atoms with Crippen LogP contribution < -0.4 is 41.4 Å². The van der Waals surface area contributed by atoms with Crippen LogP contribution in [0.2, 0.25) is 5.02 Å². The van der Waals surface area contributed by atoms with Crippen LogP contribution in [-0.4, -0.2) is 96.2 Å². The molecule has 0 saturated carbocycles. The number of rotatable bonds is 12. The molecule has 5 heterocycles. The number of anilines is 4. The summed E-state index contributed by atoms with van der Waals surface area (Å²) in [7, 11) is 1.50. The van der Waals surface area contributed by atoms with Crippen LogP contribution in [0.3, 0.4) is 0 Å². The van der Waals surface area contributed by atoms with Crippen LogP contribution in [0.4, 0.5) is 27.5 Å². The number of aromatic nitrogens is 3. The molecule has 2 aromatic carbocycles. The molecule has 4 aromatic rings. The van der Waals surface area contributed by atoms with Crippen LogP contribution in [0.25, 0.3) is 10.9 Å². The van der Waals surface area contributed by atoms with E-state index in [1.807, 2.05) is 36.9 Å². The first-order valence-corrected chi connectivity index (χ1v) is 20.2. The second-order valence-corrected chi connectivity index (χ2v) is 15.5. The molecular formula is C41H47ClFN9O7. The average molecular weight is 832 g/mol. The van der Waals surface area contributed by atoms with Crippen LogP contribution in [0, 0.1) is 5.82 Å². The van der Waals surface area contributed by atoms with E-state index in [9.17, 15) is 24.0 Å². The normalized spacial score (nSPS) is 17.9. The number of nitrogens with zero attached hydrogens (tertiary/aromatic N) is 5. The third-order valence-electron chi connectivity index (χ3n) is 10.8. The molecule has 3 saturated heterocycles. The van der Waals surface area contributed by atoms with Gasteiger partial charge in [-0.25, -0.2) is 9.37 Å². The molecule has 3 aliphatic rings. The van der Waals surface area contributed by atoms with E-state index in [0.29, 0.717) is 72.7 Å². The quantitative estimate of drug-likeness (QED) is 0.149. The van der Waals surface area contributed by atoms with E-state index in [0.717, 1.165) is 18.2 Å². The second kappa shape index (κ2) is 18.0. The standard InChI is InChI=1S/C41H47ClFN9O7/c1-23(2)52-31-9-7-25(19-24(31)20-33(40(52)57)58-22-35(54)44-3)46-37-29(42)21-45-41(49-37)51-17-13-27(14-18-51)59-26-11-15-50(16-12-26)32-6-4-5-28(36(32)43)38(55)47-30-8-10-34(53)48-39(30)56/h4-7,9,19-21,23,26-27,30H,8,10-18,22H2,1-3H3,(H,44,54)(H,47,55)(H,45,46,49)(H,48,53,56). The minimum atomic E-state index is -0.896. The number of hydrogen-bond acceptors (Lipinski definition) is 12. The Morgan fingerprint density at radius 2 is 1.69 bits per heavy atom. The van der Waals surface area contributed by atoms with Crippen LogP contribution in [0.5, 0.6) is 5.75 Å². The molecule has 3 fully saturated rings. The molecule has 0 radical (unpaired) electrons. The van der Waals surface area contributed by atoms with Crippen molar-refractivity contribution in [2.45, 2.75) is 76.7 Å². The van der Waals surface area contributed by atoms with Crippen LogP contribution in [-0.2, 0) is 19.1 Å². The summed E-state index contributed by atoms with van der Waals surface area (Å²) in [5.74, 6) is -1.67. The van der Waals surface area contributed by atoms with Crippen molar-refractivity contribution < 1.29 is 33.0 Å². The first-order chi connectivity index (χ1) is 28.4. The van der Waals surface area contributed by atoms with Gasteiger partial charge < -0.3 is 39.8 Å². The average Bonchev–Trinajstić information content (AvgIpc) is 3.22. The second-order valence-electron chi connectivity index (χ2n) is 15.1. The van der Waals surface area contributed by atoms with E-state index in [2.05, 4.69) is 31.2 Å². The van der Waals surface area contributed by atoms with Gasteiger partial charge in [0.25, 0.3) is 17.4 Å². The molecule has 1 atom stereocenters. The van der Waals surface area contributed by atoms with Gasteiger partial charge in [-0.1, -0.05) is 17.7 Å². The van der Waals surface area contributed by atoms with Crippen molar-refractivity contribution in [1.29, 1.82) is 0 Å². The summed E-state index contributed by atoms with van der Waals surface area (Å²) in [5.41, 5.74) is 1.23. The van der Waals surface area contributed by atoms with Crippen molar-refractivity contribution in [3.05, 3.63) is 75.4 Å². The fraction of sp³-hybridized carbons (Fsp3) is 0.439. The maximum atomic E-state index is 15.7. The summed E-state index contributed by atoms with van der Waals surface area (Å²) in [5, 5.41) is 11.6. The third kappa shape index (κ3) is 9.41. The number of likely N-dealkylation sites (N-methyl/N-ethyl adjacent to an activating group) is 1. The largest absolute Gasteiger partial charge is 0.478 e. The lowest BCUT2D eigenvalue weighted by Crippen LogP contribution is -2.52. The Morgan fingerprint density at radius 1 is 0.983 bits per heavy atom. The molecule has 0 spiro atoms. The first kappa shape index (κ1) is 41.4. The van der Waals surface area contributed by atoms with E-state index >= 15 is 4.39 Å². The number of carbonyl (C=O) groups is 4. The van der Waals surface area contributed by atoms with Crippen LogP contribution in [0.1, 0.15) is 68.8 Å². The maximum absolute atomic E-state index is 15.7. The predicted octanol–water partition coefficient (Wildman–Crippen LogP) is 4.22. The van der Waals surface area contributed by atoms with Gasteiger partial charge >= 0.3 is 0 Å². The van der Waals surface area contributed by atoms with Crippen LogP contribution >= 0.6 is 11.6 Å². The number of piperidine rings is 3. The van der Waals surface area contributed by atoms with Gasteiger partial charge in [0.05, 0.1) is 35.2 Å². The monoisotopic (exact) mass is 831 g/mol. The minimum Gasteiger partial charge on any atom is -0.478 e. The number of pyridine rings is 1. The molecule has 2 aromatic heterocycles. The van der Waals surface area contributed by atoms with E-state index in [1.54, 1.807) is 29.0 Å². The minimum absolute atomic E-state index is 0.00290. The number of benzene rings is 2. The van der Waals surface area contributed by atoms with Crippen molar-refractivity contribution in [3.63, 3.8) is 0 Å². The zero-order valence-electron chi connectivity index (χ0n) is 33.1. The number of carbonyl (C=O) groups excluding carboxylic acids is 4. The highest BCUT2D eigenvalue weighted by Gasteiger charge is 2.31. The number of imide groups is 1. The molecule has 0 aliphatic carbocycles. The van der Waals surface area contributed by atoms with Gasteiger partial charge in [-0.2, -0.15) is 4.98 Å². The zero-order chi connectivity index (χ0) is 41.8. The van der Waals surface area contributed by atoms with Gasteiger partial charge in [0.2, 0.25) is 17.8 Å². The summed E-state index contributed by atoms with van der Waals surface area (Å²) in [6, 6.07) is 10.8. The molecule has 16 nitrogen and oxygen atoms in total. The van der Waals surface area contributed by atoms with Crippen molar-refractivity contribution in [1.82, 2.24) is 30.5 Å². The van der Waals surface area contributed by atoms with Gasteiger partial charge in [-0.15, -0.1) is 0 Å². The molecule has 4 N–H and O–H groups in total. The Balaban J connectivity index is 0.929. The molecular weight excluding hydrogens is 785 g/mol. The molecule has 312 valence electrons. The summed E-state index contributed by atoms with van der Waals surface area (Å²) < 4.78 is 29.4. The molecule has 0 bridgehead atoms. The van der Waals surface area contributed by atoms with E-state index in [-0.39, 0.29) is 60.5 Å². The van der Waals surface area contributed by atoms with Gasteiger partial charge in [-0.05, 0) is 82.3 Å². The lowest BCUT2D eigenvalue weighted by atomic mass is 10.0. The maximum Gasteiger partial charge on any atom is 0.293 e. The Labute approximate surface area is 344 Å². The van der Waals surface area contributed by atoms with Crippen molar-refractivity contribution >= 4 is 69.3 Å². The van der Waals surface area contributed by atoms with Gasteiger partial charge in [-0.3, -0.25) is 29.3 Å². The topological polar surface area (TPSA) is 189 Å². The van der Waals surface area contributed by atoms with E-state index in [4.69, 9.17) is 26.1 Å². The number of fused-ring (bicyclic) bond motifs is 1. The van der Waals surface area contributed by atoms with Crippen LogP contribution in [0.15, 0.2) is 53.5 Å². The number of amides is 4. The Morgan fingerprint density at radius 3 is 2.37 bits per heavy atom. The highest BCUT2D eigenvalue weighted by molar-refractivity contribution is 6.33. The summed E-state index contributed by atoms with van der Waals surface area (Å²) in [6.07, 6.45) is 4.78. The molecule has 59 heavy (non-hydrogen) atoms. The Kier molecular flexibility index (Phi) is 12.6. The smallest absolute Gasteiger partial charge is 0.293 e. The SMILES string of the molecule is CNC(=O)COc1cc2cc(Nc3nc(N4CCC(OC5CCN(c6cccc(C(=O)NC7CCC(=O)NC7=O)c6F)CC5)CC4)ncc3Cl)ccc2n(C(C)C)c1=O. The summed E-state index contributed by atoms with van der Waals surface area (Å²) >= 11 is 6.56. The first-order valence-electron chi connectivity index (χ1n) is 19.8. The number of halogens is 2. The van der Waals surface area contributed by atoms with Crippen molar-refractivity contribution in [2.24, 2.45) is 0 Å². The molecule has 1 unspecified atom stereocenters. The molecule has 18 heteroatoms. The summed E-state index contributed by atoms with van der Waals surface area (Å²) in [4.78, 5) is 74.8. The zero-order valence-corrected chi connectivity index (χ0v) is 33.8. The number of hydrogen-bond donors (Lipinski definition) is 4. The number of nitrogens with one attached hydrogen (secondary N) is 4. The fourth-order valence-electron chi connectivity index (χ4n) is 7.67. The van der Waals surface area contributed by atoms with Crippen molar-refractivity contribution in [3.8, 4) is 5.75 Å². The highest BCUT2D eigenvalue weighted by atomic mass is 35.5. The van der Waals surface area contributed by atoms with Gasteiger partial charge in [0.1, 0.15) is 11.1 Å². The molecule has 4 amide bonds. The predicted molar refractivity (Wildman–Crippen MR) is 220 cm³/mol. The Hall–Kier alpha value is -5.81. The van der Waals surface area contributed by atoms with Gasteiger partial charge in [0.15, 0.2) is 24.0 Å². The van der Waals surface area contributed by atoms with E-state index in [1.165, 1.54) is 13.1 Å². The lowest BCUT2D eigenvalue weighted by molar-refractivity contribution is -0.134. The highest BCUT2D eigenvalue weighted by Crippen LogP contribution is 2.31. The number of ether oxygens (including phenoxy) is 2. The Bertz CT molecular complexity index is 2310. The molecule has 3 aliphatic heterocycles. The fourth-order valence-corrected chi connectivity index (χ4v) is 7.81. The van der Waals surface area contributed by atoms with E-state index < -0.39 is 29.6 Å². The lowest BCUT2D eigenvalue weighted by Gasteiger charge is -2.38. The summed E-state index contributed by atoms with van der Waals surface area (Å²) in [6.45, 7) is 5.97.